The van der Waals surface area contributed by atoms with Gasteiger partial charge in [0.05, 0.1) is 0 Å². The van der Waals surface area contributed by atoms with Gasteiger partial charge < -0.3 is 0 Å². The zero-order valence-electron chi connectivity index (χ0n) is 11.3. The van der Waals surface area contributed by atoms with Crippen molar-refractivity contribution >= 4 is 5.78 Å². The molecule has 0 saturated heterocycles. The summed E-state index contributed by atoms with van der Waals surface area (Å²) in [5.41, 5.74) is 3.58. The number of carbonyl (C=O) groups excluding carboxylic acids is 1. The van der Waals surface area contributed by atoms with E-state index in [2.05, 4.69) is 12.7 Å². The molecular weight excluding hydrogens is 232 g/mol. The summed E-state index contributed by atoms with van der Waals surface area (Å²) in [7, 11) is 0. The van der Waals surface area contributed by atoms with Crippen LogP contribution in [-0.2, 0) is 0 Å². The summed E-state index contributed by atoms with van der Waals surface area (Å²) in [4.78, 5) is 12.2. The second kappa shape index (κ2) is 5.16. The molecule has 1 aromatic rings. The highest BCUT2D eigenvalue weighted by Gasteiger charge is 2.28. The molecule has 0 amide bonds. The van der Waals surface area contributed by atoms with E-state index in [0.29, 0.717) is 12.3 Å². The lowest BCUT2D eigenvalue weighted by molar-refractivity contribution is 0.0990. The fourth-order valence-corrected chi connectivity index (χ4v) is 3.58. The molecule has 3 rings (SSSR count). The third kappa shape index (κ3) is 2.86. The maximum absolute atomic E-state index is 12.2. The van der Waals surface area contributed by atoms with Crippen molar-refractivity contribution in [2.45, 2.75) is 32.1 Å². The van der Waals surface area contributed by atoms with Crippen molar-refractivity contribution in [3.63, 3.8) is 0 Å². The zero-order valence-corrected chi connectivity index (χ0v) is 11.3. The van der Waals surface area contributed by atoms with Crippen LogP contribution in [-0.4, -0.2) is 5.78 Å². The smallest absolute Gasteiger partial charge is 0.166 e. The van der Waals surface area contributed by atoms with E-state index in [1.54, 1.807) is 0 Å². The standard InChI is InChI=1S/C18H20O/c1-13-7-14-9-15(8-13)11-16(10-14)12-18(19)17-5-3-2-4-6-17/h2-6,10,14-15H,1,7-9,11-12H2. The zero-order chi connectivity index (χ0) is 13.2. The number of fused-ring (bicyclic) bond motifs is 2. The highest BCUT2D eigenvalue weighted by Crippen LogP contribution is 2.41. The number of ketones is 1. The Labute approximate surface area is 115 Å². The molecular formula is C18H20O. The van der Waals surface area contributed by atoms with Crippen molar-refractivity contribution in [3.8, 4) is 0 Å². The van der Waals surface area contributed by atoms with Gasteiger partial charge in [0.1, 0.15) is 0 Å². The maximum atomic E-state index is 12.2. The molecule has 0 aliphatic heterocycles. The number of carbonyl (C=O) groups is 1. The number of hydrogen-bond acceptors (Lipinski definition) is 1. The first-order chi connectivity index (χ1) is 9.20. The van der Waals surface area contributed by atoms with Crippen LogP contribution in [0.2, 0.25) is 0 Å². The Morgan fingerprint density at radius 2 is 1.95 bits per heavy atom. The van der Waals surface area contributed by atoms with Crippen LogP contribution in [0.15, 0.2) is 54.1 Å². The molecule has 2 aliphatic rings. The average Bonchev–Trinajstić information content (AvgIpc) is 2.38. The minimum atomic E-state index is 0.255. The fourth-order valence-electron chi connectivity index (χ4n) is 3.58. The van der Waals surface area contributed by atoms with Crippen molar-refractivity contribution in [1.82, 2.24) is 0 Å². The molecule has 1 nitrogen and oxygen atoms in total. The topological polar surface area (TPSA) is 17.1 Å². The Morgan fingerprint density at radius 1 is 1.16 bits per heavy atom. The number of allylic oxidation sites excluding steroid dienone is 3. The van der Waals surface area contributed by atoms with Crippen LogP contribution in [0.25, 0.3) is 0 Å². The van der Waals surface area contributed by atoms with Crippen molar-refractivity contribution < 1.29 is 4.79 Å². The van der Waals surface area contributed by atoms with Crippen molar-refractivity contribution in [1.29, 1.82) is 0 Å². The van der Waals surface area contributed by atoms with E-state index < -0.39 is 0 Å². The summed E-state index contributed by atoms with van der Waals surface area (Å²) in [5, 5.41) is 0. The molecule has 2 atom stereocenters. The number of hydrogen-bond donors (Lipinski definition) is 0. The van der Waals surface area contributed by atoms with E-state index in [4.69, 9.17) is 0 Å². The van der Waals surface area contributed by atoms with Gasteiger partial charge in [-0.15, -0.1) is 0 Å². The first kappa shape index (κ1) is 12.4. The van der Waals surface area contributed by atoms with Gasteiger partial charge in [0, 0.05) is 12.0 Å². The van der Waals surface area contributed by atoms with Crippen LogP contribution in [0.4, 0.5) is 0 Å². The second-order valence-corrected chi connectivity index (χ2v) is 6.02. The SMILES string of the molecule is C=C1CC2C=C(CC(=O)c3ccccc3)CC(C1)C2. The van der Waals surface area contributed by atoms with E-state index in [1.165, 1.54) is 17.6 Å². The van der Waals surface area contributed by atoms with Gasteiger partial charge in [-0.2, -0.15) is 0 Å². The molecule has 0 heterocycles. The number of benzene rings is 1. The molecule has 0 N–H and O–H groups in total. The molecule has 1 saturated carbocycles. The highest BCUT2D eigenvalue weighted by atomic mass is 16.1. The molecule has 1 fully saturated rings. The Hall–Kier alpha value is -1.63. The van der Waals surface area contributed by atoms with Crippen LogP contribution in [0.5, 0.6) is 0 Å². The summed E-state index contributed by atoms with van der Waals surface area (Å²) < 4.78 is 0. The van der Waals surface area contributed by atoms with Gasteiger partial charge in [0.2, 0.25) is 0 Å². The van der Waals surface area contributed by atoms with Gasteiger partial charge in [-0.3, -0.25) is 4.79 Å². The Balaban J connectivity index is 1.71. The molecule has 0 aromatic heterocycles. The Bertz CT molecular complexity index is 524. The molecule has 98 valence electrons. The molecule has 1 heteroatoms. The lowest BCUT2D eigenvalue weighted by Gasteiger charge is -2.34. The third-order valence-corrected chi connectivity index (χ3v) is 4.27. The average molecular weight is 252 g/mol. The Kier molecular flexibility index (Phi) is 3.37. The van der Waals surface area contributed by atoms with Gasteiger partial charge in [0.15, 0.2) is 5.78 Å². The first-order valence-corrected chi connectivity index (χ1v) is 7.15. The van der Waals surface area contributed by atoms with Crippen LogP contribution in [0, 0.1) is 11.8 Å². The van der Waals surface area contributed by atoms with E-state index in [1.807, 2.05) is 30.3 Å². The van der Waals surface area contributed by atoms with Crippen molar-refractivity contribution in [2.24, 2.45) is 11.8 Å². The monoisotopic (exact) mass is 252 g/mol. The van der Waals surface area contributed by atoms with Crippen molar-refractivity contribution in [2.75, 3.05) is 0 Å². The molecule has 1 aromatic carbocycles. The van der Waals surface area contributed by atoms with Gasteiger partial charge in [-0.05, 0) is 37.5 Å². The van der Waals surface area contributed by atoms with Crippen LogP contribution >= 0.6 is 0 Å². The minimum absolute atomic E-state index is 0.255. The Morgan fingerprint density at radius 3 is 2.68 bits per heavy atom. The summed E-state index contributed by atoms with van der Waals surface area (Å²) >= 11 is 0. The molecule has 0 spiro atoms. The summed E-state index contributed by atoms with van der Waals surface area (Å²) in [6.07, 6.45) is 7.62. The van der Waals surface area contributed by atoms with Crippen LogP contribution in [0.1, 0.15) is 42.5 Å². The van der Waals surface area contributed by atoms with Crippen LogP contribution in [0.3, 0.4) is 0 Å². The predicted octanol–water partition coefficient (Wildman–Crippen LogP) is 4.56. The van der Waals surface area contributed by atoms with E-state index >= 15 is 0 Å². The van der Waals surface area contributed by atoms with Crippen LogP contribution < -0.4 is 0 Å². The van der Waals surface area contributed by atoms with Gasteiger partial charge in [-0.25, -0.2) is 0 Å². The molecule has 19 heavy (non-hydrogen) atoms. The predicted molar refractivity (Wildman–Crippen MR) is 78.1 cm³/mol. The molecule has 2 aliphatic carbocycles. The van der Waals surface area contributed by atoms with Gasteiger partial charge in [0.25, 0.3) is 0 Å². The normalized spacial score (nSPS) is 25.9. The second-order valence-electron chi connectivity index (χ2n) is 6.02. The molecule has 2 bridgehead atoms. The first-order valence-electron chi connectivity index (χ1n) is 7.15. The minimum Gasteiger partial charge on any atom is -0.294 e. The molecule has 2 unspecified atom stereocenters. The number of rotatable bonds is 3. The largest absolute Gasteiger partial charge is 0.294 e. The lowest BCUT2D eigenvalue weighted by Crippen LogP contribution is -2.21. The number of Topliss-reactive ketones (excluding diaryl/α,β-unsaturated/α-hetero) is 1. The quantitative estimate of drug-likeness (QED) is 0.569. The highest BCUT2D eigenvalue weighted by molar-refractivity contribution is 5.97. The van der Waals surface area contributed by atoms with E-state index in [0.717, 1.165) is 30.7 Å². The van der Waals surface area contributed by atoms with Crippen molar-refractivity contribution in [3.05, 3.63) is 59.7 Å². The van der Waals surface area contributed by atoms with E-state index in [-0.39, 0.29) is 5.78 Å². The van der Waals surface area contributed by atoms with Gasteiger partial charge in [-0.1, -0.05) is 54.1 Å². The maximum Gasteiger partial charge on any atom is 0.166 e. The summed E-state index contributed by atoms with van der Waals surface area (Å²) in [6.45, 7) is 4.13. The molecule has 0 radical (unpaired) electrons. The van der Waals surface area contributed by atoms with E-state index in [9.17, 15) is 4.79 Å². The third-order valence-electron chi connectivity index (χ3n) is 4.27. The lowest BCUT2D eigenvalue weighted by atomic mass is 9.71. The summed E-state index contributed by atoms with van der Waals surface area (Å²) in [5.74, 6) is 1.62. The summed E-state index contributed by atoms with van der Waals surface area (Å²) in [6, 6.07) is 9.64. The fraction of sp³-hybridized carbons (Fsp3) is 0.389. The van der Waals surface area contributed by atoms with Gasteiger partial charge >= 0.3 is 0 Å².